The van der Waals surface area contributed by atoms with Crippen molar-refractivity contribution in [3.8, 4) is 0 Å². The molecule has 1 atom stereocenters. The van der Waals surface area contributed by atoms with Crippen LogP contribution in [0.25, 0.3) is 0 Å². The number of hydrogen-bond donors (Lipinski definition) is 0. The van der Waals surface area contributed by atoms with Crippen molar-refractivity contribution in [2.45, 2.75) is 45.1 Å². The minimum atomic E-state index is -0.696. The van der Waals surface area contributed by atoms with E-state index < -0.39 is 8.69 Å². The van der Waals surface area contributed by atoms with E-state index in [1.165, 1.54) is 0 Å². The van der Waals surface area contributed by atoms with Crippen molar-refractivity contribution >= 4 is 8.69 Å². The first-order chi connectivity index (χ1) is 7.79. The zero-order chi connectivity index (χ0) is 11.9. The van der Waals surface area contributed by atoms with Crippen molar-refractivity contribution in [1.82, 2.24) is 0 Å². The van der Waals surface area contributed by atoms with Crippen LogP contribution in [-0.4, -0.2) is 0 Å². The summed E-state index contributed by atoms with van der Waals surface area (Å²) < 4.78 is 16.4. The molecule has 16 heavy (non-hydrogen) atoms. The third-order valence-corrected chi connectivity index (χ3v) is 3.32. The van der Waals surface area contributed by atoms with Crippen molar-refractivity contribution in [2.75, 3.05) is 0 Å². The van der Waals surface area contributed by atoms with E-state index in [1.54, 1.807) is 0 Å². The summed E-state index contributed by atoms with van der Waals surface area (Å²) in [5, 5.41) is 0. The molecular formula is C13H20O2P+. The summed E-state index contributed by atoms with van der Waals surface area (Å²) in [5.41, 5.74) is 0.785. The Kier molecular flexibility index (Phi) is 5.65. The summed E-state index contributed by atoms with van der Waals surface area (Å²) in [5.74, 6) is 0. The van der Waals surface area contributed by atoms with E-state index in [-0.39, 0.29) is 5.60 Å². The Hall–Kier alpha value is -0.720. The van der Waals surface area contributed by atoms with Gasteiger partial charge < -0.3 is 0 Å². The molecule has 0 radical (unpaired) electrons. The fourth-order valence-corrected chi connectivity index (χ4v) is 2.69. The smallest absolute Gasteiger partial charge is 0.136 e. The van der Waals surface area contributed by atoms with Crippen LogP contribution in [0.15, 0.2) is 30.3 Å². The molecule has 0 heterocycles. The van der Waals surface area contributed by atoms with Gasteiger partial charge in [-0.3, -0.25) is 0 Å². The largest absolute Gasteiger partial charge is 0.495 e. The van der Waals surface area contributed by atoms with E-state index in [0.717, 1.165) is 31.2 Å². The molecule has 0 bridgehead atoms. The number of benzene rings is 1. The van der Waals surface area contributed by atoms with Crippen LogP contribution in [0.5, 0.6) is 0 Å². The van der Waals surface area contributed by atoms with Crippen molar-refractivity contribution in [3.63, 3.8) is 0 Å². The molecule has 0 aliphatic heterocycles. The van der Waals surface area contributed by atoms with Gasteiger partial charge in [0.25, 0.3) is 0 Å². The molecule has 0 amide bonds. The van der Waals surface area contributed by atoms with E-state index in [1.807, 2.05) is 18.2 Å². The lowest BCUT2D eigenvalue weighted by Gasteiger charge is -2.27. The zero-order valence-corrected chi connectivity index (χ0v) is 11.0. The highest BCUT2D eigenvalue weighted by Gasteiger charge is 2.35. The first kappa shape index (κ1) is 13.3. The van der Waals surface area contributed by atoms with Crippen LogP contribution in [0.3, 0.4) is 0 Å². The van der Waals surface area contributed by atoms with Gasteiger partial charge in [-0.2, -0.15) is 0 Å². The average Bonchev–Trinajstić information content (AvgIpc) is 2.31. The molecule has 1 unspecified atom stereocenters. The molecule has 0 N–H and O–H groups in total. The Morgan fingerprint density at radius 2 is 1.69 bits per heavy atom. The monoisotopic (exact) mass is 239 g/mol. The van der Waals surface area contributed by atoms with Crippen molar-refractivity contribution < 1.29 is 9.09 Å². The fraction of sp³-hybridized carbons (Fsp3) is 0.538. The number of rotatable bonds is 7. The Bertz CT molecular complexity index is 305. The normalized spacial score (nSPS) is 11.9. The molecule has 1 rings (SSSR count). The van der Waals surface area contributed by atoms with E-state index in [2.05, 4.69) is 26.0 Å². The second-order valence-corrected chi connectivity index (χ2v) is 4.42. The molecule has 3 heteroatoms. The lowest BCUT2D eigenvalue weighted by atomic mass is 9.85. The quantitative estimate of drug-likeness (QED) is 0.657. The maximum Gasteiger partial charge on any atom is 0.495 e. The SMILES string of the molecule is CCCC(CCC)(O[PH+]=O)c1ccccc1. The summed E-state index contributed by atoms with van der Waals surface area (Å²) >= 11 is 0. The van der Waals surface area contributed by atoms with Gasteiger partial charge in [0, 0.05) is 0 Å². The van der Waals surface area contributed by atoms with Gasteiger partial charge in [0.2, 0.25) is 0 Å². The third kappa shape index (κ3) is 3.13. The van der Waals surface area contributed by atoms with Gasteiger partial charge in [0.05, 0.1) is 0 Å². The van der Waals surface area contributed by atoms with E-state index >= 15 is 0 Å². The molecule has 0 spiro atoms. The van der Waals surface area contributed by atoms with Crippen molar-refractivity contribution in [1.29, 1.82) is 0 Å². The first-order valence-electron chi connectivity index (χ1n) is 5.89. The van der Waals surface area contributed by atoms with Gasteiger partial charge >= 0.3 is 8.69 Å². The van der Waals surface area contributed by atoms with Crippen molar-refractivity contribution in [3.05, 3.63) is 35.9 Å². The van der Waals surface area contributed by atoms with Gasteiger partial charge in [-0.25, -0.2) is 0 Å². The maximum atomic E-state index is 10.9. The molecule has 1 aromatic rings. The van der Waals surface area contributed by atoms with Crippen LogP contribution in [0, 0.1) is 0 Å². The highest BCUT2D eigenvalue weighted by Crippen LogP contribution is 2.38. The van der Waals surface area contributed by atoms with Gasteiger partial charge in [-0.15, -0.1) is 4.52 Å². The molecule has 2 nitrogen and oxygen atoms in total. The van der Waals surface area contributed by atoms with Crippen LogP contribution in [0.4, 0.5) is 0 Å². The Balaban J connectivity index is 3.04. The summed E-state index contributed by atoms with van der Waals surface area (Å²) in [6.07, 6.45) is 3.89. The summed E-state index contributed by atoms with van der Waals surface area (Å²) in [6.45, 7) is 4.26. The van der Waals surface area contributed by atoms with Gasteiger partial charge in [0.1, 0.15) is 5.60 Å². The summed E-state index contributed by atoms with van der Waals surface area (Å²) in [4.78, 5) is 0. The topological polar surface area (TPSA) is 26.3 Å². The maximum absolute atomic E-state index is 10.9. The first-order valence-corrected chi connectivity index (χ1v) is 6.71. The molecule has 0 aliphatic rings. The molecule has 88 valence electrons. The lowest BCUT2D eigenvalue weighted by Crippen LogP contribution is -2.26. The second kappa shape index (κ2) is 6.78. The lowest BCUT2D eigenvalue weighted by molar-refractivity contribution is 0.0602. The predicted molar refractivity (Wildman–Crippen MR) is 68.0 cm³/mol. The molecule has 0 aliphatic carbocycles. The standard InChI is InChI=1S/C13H20O2P/c1-3-10-13(11-4-2,15-16-14)12-8-6-5-7-9-12/h5-9,16H,3-4,10-11H2,1-2H3/q+1. The highest BCUT2D eigenvalue weighted by atomic mass is 31.1. The minimum absolute atomic E-state index is 0.356. The highest BCUT2D eigenvalue weighted by molar-refractivity contribution is 7.17. The number of hydrogen-bond acceptors (Lipinski definition) is 2. The van der Waals surface area contributed by atoms with Crippen LogP contribution in [-0.2, 0) is 14.7 Å². The van der Waals surface area contributed by atoms with Gasteiger partial charge in [0.15, 0.2) is 0 Å². The van der Waals surface area contributed by atoms with Crippen LogP contribution in [0.2, 0.25) is 0 Å². The zero-order valence-electron chi connectivity index (χ0n) is 10.0. The van der Waals surface area contributed by atoms with Gasteiger partial charge in [-0.1, -0.05) is 57.0 Å². The molecule has 0 aromatic heterocycles. The molecule has 0 saturated carbocycles. The Morgan fingerprint density at radius 1 is 1.12 bits per heavy atom. The third-order valence-electron chi connectivity index (χ3n) is 2.84. The van der Waals surface area contributed by atoms with Crippen LogP contribution >= 0.6 is 8.69 Å². The average molecular weight is 239 g/mol. The summed E-state index contributed by atoms with van der Waals surface area (Å²) in [7, 11) is -0.696. The van der Waals surface area contributed by atoms with Crippen LogP contribution in [0.1, 0.15) is 45.1 Å². The Morgan fingerprint density at radius 3 is 2.12 bits per heavy atom. The minimum Gasteiger partial charge on any atom is -0.136 e. The molecular weight excluding hydrogens is 219 g/mol. The predicted octanol–water partition coefficient (Wildman–Crippen LogP) is 4.44. The fourth-order valence-electron chi connectivity index (χ4n) is 2.20. The van der Waals surface area contributed by atoms with Gasteiger partial charge in [-0.05, 0) is 23.0 Å². The van der Waals surface area contributed by atoms with Crippen LogP contribution < -0.4 is 0 Å². The molecule has 1 aromatic carbocycles. The van der Waals surface area contributed by atoms with E-state index in [4.69, 9.17) is 4.52 Å². The summed E-state index contributed by atoms with van der Waals surface area (Å²) in [6, 6.07) is 10.1. The van der Waals surface area contributed by atoms with E-state index in [0.29, 0.717) is 0 Å². The second-order valence-electron chi connectivity index (χ2n) is 4.05. The van der Waals surface area contributed by atoms with E-state index in [9.17, 15) is 4.57 Å². The van der Waals surface area contributed by atoms with Crippen molar-refractivity contribution in [2.24, 2.45) is 0 Å². The molecule has 0 fully saturated rings. The Labute approximate surface area is 99.3 Å². The molecule has 0 saturated heterocycles.